The van der Waals surface area contributed by atoms with Gasteiger partial charge in [0.15, 0.2) is 0 Å². The third-order valence-electron chi connectivity index (χ3n) is 0.438. The lowest BCUT2D eigenvalue weighted by Crippen LogP contribution is -2.03. The molecular weight excluding hydrogens is 140 g/mol. The molecule has 0 saturated carbocycles. The maximum Gasteiger partial charge on any atom is 0.392 e. The molecule has 0 aromatic rings. The highest BCUT2D eigenvalue weighted by molar-refractivity contribution is 6.25. The molecule has 0 atom stereocenters. The van der Waals surface area contributed by atoms with Gasteiger partial charge < -0.3 is 0 Å². The van der Waals surface area contributed by atoms with E-state index in [4.69, 9.17) is 11.6 Å². The summed E-state index contributed by atoms with van der Waals surface area (Å²) in [6, 6.07) is 0. The van der Waals surface area contributed by atoms with Crippen LogP contribution in [0.5, 0.6) is 0 Å². The highest BCUT2D eigenvalue weighted by Crippen LogP contribution is 2.19. The van der Waals surface area contributed by atoms with Gasteiger partial charge in [-0.1, -0.05) is 17.7 Å². The van der Waals surface area contributed by atoms with Gasteiger partial charge in [0.05, 0.1) is 6.42 Å². The van der Waals surface area contributed by atoms with E-state index in [9.17, 15) is 13.2 Å². The monoisotopic (exact) mass is 144 g/mol. The van der Waals surface area contributed by atoms with E-state index in [1.54, 1.807) is 0 Å². The molecule has 8 heavy (non-hydrogen) atoms. The summed E-state index contributed by atoms with van der Waals surface area (Å²) in [6.45, 7) is 0. The van der Waals surface area contributed by atoms with Gasteiger partial charge in [0, 0.05) is 5.54 Å². The van der Waals surface area contributed by atoms with Gasteiger partial charge in [-0.2, -0.15) is 13.2 Å². The second-order valence-corrected chi connectivity index (χ2v) is 1.43. The summed E-state index contributed by atoms with van der Waals surface area (Å²) in [4.78, 5) is 0. The van der Waals surface area contributed by atoms with E-state index in [0.29, 0.717) is 0 Å². The minimum absolute atomic E-state index is 0.849. The van der Waals surface area contributed by atoms with Crippen molar-refractivity contribution in [1.29, 1.82) is 0 Å². The molecule has 0 aromatic heterocycles. The summed E-state index contributed by atoms with van der Waals surface area (Å²) in [5.41, 5.74) is 0.855. The highest BCUT2D eigenvalue weighted by Gasteiger charge is 2.24. The number of alkyl halides is 3. The number of allylic oxidation sites excluding steroid dienone is 1. The predicted molar refractivity (Wildman–Crippen MR) is 25.7 cm³/mol. The van der Waals surface area contributed by atoms with Crippen molar-refractivity contribution in [3.63, 3.8) is 0 Å². The average molecular weight is 145 g/mol. The van der Waals surface area contributed by atoms with Crippen LogP contribution in [0.4, 0.5) is 13.2 Å². The molecule has 0 aliphatic heterocycles. The summed E-state index contributed by atoms with van der Waals surface area (Å²) in [6.07, 6.45) is -4.22. The van der Waals surface area contributed by atoms with E-state index in [1.165, 1.54) is 0 Å². The molecule has 0 aliphatic rings. The van der Waals surface area contributed by atoms with Crippen LogP contribution < -0.4 is 0 Å². The summed E-state index contributed by atoms with van der Waals surface area (Å²) in [7, 11) is 0. The minimum atomic E-state index is -4.12. The number of rotatable bonds is 1. The maximum absolute atomic E-state index is 11.1. The van der Waals surface area contributed by atoms with Crippen LogP contribution in [0.1, 0.15) is 6.42 Å². The quantitative estimate of drug-likeness (QED) is 0.531. The third-order valence-corrected chi connectivity index (χ3v) is 0.617. The number of hydrogen-bond acceptors (Lipinski definition) is 0. The van der Waals surface area contributed by atoms with Gasteiger partial charge in [-0.3, -0.25) is 0 Å². The zero-order valence-electron chi connectivity index (χ0n) is 3.87. The third kappa shape index (κ3) is 5.82. The van der Waals surface area contributed by atoms with Crippen molar-refractivity contribution in [1.82, 2.24) is 0 Å². The molecule has 0 bridgehead atoms. The van der Waals surface area contributed by atoms with Crippen LogP contribution in [0.3, 0.4) is 0 Å². The molecule has 0 amide bonds. The van der Waals surface area contributed by atoms with Gasteiger partial charge >= 0.3 is 6.18 Å². The maximum atomic E-state index is 11.1. The van der Waals surface area contributed by atoms with Crippen molar-refractivity contribution in [2.75, 3.05) is 0 Å². The molecule has 0 saturated heterocycles. The molecule has 4 heteroatoms. The topological polar surface area (TPSA) is 0 Å². The molecule has 0 radical (unpaired) electrons. The van der Waals surface area contributed by atoms with Crippen molar-refractivity contribution >= 4 is 11.6 Å². The van der Waals surface area contributed by atoms with Gasteiger partial charge in [0.2, 0.25) is 0 Å². The van der Waals surface area contributed by atoms with Gasteiger partial charge in [-0.25, -0.2) is 0 Å². The Labute approximate surface area is 49.9 Å². The standard InChI is InChI=1S/C4H4ClF3/c5-3-1-2-4(6,7)8/h1,3H,2H2. The van der Waals surface area contributed by atoms with Crippen LogP contribution in [0, 0.1) is 0 Å². The summed E-state index contributed by atoms with van der Waals surface area (Å²) >= 11 is 4.83. The molecule has 0 rings (SSSR count). The molecule has 0 fully saturated rings. The van der Waals surface area contributed by atoms with Crippen LogP contribution in [0.2, 0.25) is 0 Å². The van der Waals surface area contributed by atoms with Crippen LogP contribution >= 0.6 is 11.6 Å². The Morgan fingerprint density at radius 1 is 1.38 bits per heavy atom. The van der Waals surface area contributed by atoms with Crippen LogP contribution in [0.15, 0.2) is 11.6 Å². The zero-order valence-corrected chi connectivity index (χ0v) is 4.63. The summed E-state index contributed by atoms with van der Waals surface area (Å²) in [5, 5.41) is 0. The molecule has 0 unspecified atom stereocenters. The lowest BCUT2D eigenvalue weighted by molar-refractivity contribution is -0.124. The molecule has 0 aromatic carbocycles. The first-order valence-electron chi connectivity index (χ1n) is 1.88. The SMILES string of the molecule is FC(F)(F)CC=CCl. The Balaban J connectivity index is 3.39. The Morgan fingerprint density at radius 2 is 1.88 bits per heavy atom. The zero-order chi connectivity index (χ0) is 6.62. The normalized spacial score (nSPS) is 13.0. The van der Waals surface area contributed by atoms with Crippen LogP contribution in [-0.4, -0.2) is 6.18 Å². The number of halogens is 4. The molecule has 0 N–H and O–H groups in total. The molecule has 0 heterocycles. The molecule has 0 aliphatic carbocycles. The van der Waals surface area contributed by atoms with Crippen molar-refractivity contribution in [3.8, 4) is 0 Å². The Morgan fingerprint density at radius 3 is 2.00 bits per heavy atom. The fraction of sp³-hybridized carbons (Fsp3) is 0.500. The van der Waals surface area contributed by atoms with E-state index in [0.717, 1.165) is 11.6 Å². The first-order valence-corrected chi connectivity index (χ1v) is 2.32. The molecule has 0 nitrogen and oxygen atoms in total. The second-order valence-electron chi connectivity index (χ2n) is 1.18. The minimum Gasteiger partial charge on any atom is -0.171 e. The van der Waals surface area contributed by atoms with E-state index >= 15 is 0 Å². The smallest absolute Gasteiger partial charge is 0.171 e. The van der Waals surface area contributed by atoms with Gasteiger partial charge in [-0.05, 0) is 0 Å². The average Bonchev–Trinajstić information content (AvgIpc) is 1.59. The lowest BCUT2D eigenvalue weighted by atomic mass is 10.4. The summed E-state index contributed by atoms with van der Waals surface area (Å²) < 4.78 is 33.4. The Hall–Kier alpha value is -0.180. The fourth-order valence-corrected chi connectivity index (χ4v) is 0.267. The first kappa shape index (κ1) is 7.82. The van der Waals surface area contributed by atoms with E-state index < -0.39 is 12.6 Å². The Bertz CT molecular complexity index is 83.8. The van der Waals surface area contributed by atoms with Crippen molar-refractivity contribution < 1.29 is 13.2 Å². The largest absolute Gasteiger partial charge is 0.392 e. The van der Waals surface area contributed by atoms with E-state index in [2.05, 4.69) is 0 Å². The Kier molecular flexibility index (Phi) is 2.90. The van der Waals surface area contributed by atoms with Crippen molar-refractivity contribution in [2.24, 2.45) is 0 Å². The fourth-order valence-electron chi connectivity index (χ4n) is 0.178. The van der Waals surface area contributed by atoms with E-state index in [1.807, 2.05) is 0 Å². The van der Waals surface area contributed by atoms with Gasteiger partial charge in [0.1, 0.15) is 0 Å². The lowest BCUT2D eigenvalue weighted by Gasteiger charge is -1.98. The van der Waals surface area contributed by atoms with E-state index in [-0.39, 0.29) is 0 Å². The molecule has 48 valence electrons. The predicted octanol–water partition coefficient (Wildman–Crippen LogP) is 2.69. The van der Waals surface area contributed by atoms with Crippen LogP contribution in [0.25, 0.3) is 0 Å². The van der Waals surface area contributed by atoms with Crippen molar-refractivity contribution in [2.45, 2.75) is 12.6 Å². The molecule has 0 spiro atoms. The van der Waals surface area contributed by atoms with Gasteiger partial charge in [0.25, 0.3) is 0 Å². The second kappa shape index (κ2) is 2.97. The summed E-state index contributed by atoms with van der Waals surface area (Å²) in [5.74, 6) is 0. The first-order chi connectivity index (χ1) is 3.56. The highest BCUT2D eigenvalue weighted by atomic mass is 35.5. The number of hydrogen-bond donors (Lipinski definition) is 0. The van der Waals surface area contributed by atoms with Gasteiger partial charge in [-0.15, -0.1) is 0 Å². The van der Waals surface area contributed by atoms with Crippen LogP contribution in [-0.2, 0) is 0 Å². The van der Waals surface area contributed by atoms with Crippen molar-refractivity contribution in [3.05, 3.63) is 11.6 Å². The molecular formula is C4H4ClF3.